The van der Waals surface area contributed by atoms with Crippen LogP contribution in [0.1, 0.15) is 12.8 Å². The highest BCUT2D eigenvalue weighted by molar-refractivity contribution is 5.73. The van der Waals surface area contributed by atoms with Crippen LogP contribution >= 0.6 is 0 Å². The Morgan fingerprint density at radius 1 is 1.53 bits per heavy atom. The number of methoxy groups -OCH3 is 1. The van der Waals surface area contributed by atoms with E-state index in [0.29, 0.717) is 5.69 Å². The van der Waals surface area contributed by atoms with Gasteiger partial charge >= 0.3 is 5.97 Å². The number of rotatable bonds is 2. The fourth-order valence-corrected chi connectivity index (χ4v) is 2.21. The summed E-state index contributed by atoms with van der Waals surface area (Å²) in [6.45, 7) is 1.65. The number of carbonyl (C=O) groups is 1. The molecule has 0 bridgehead atoms. The number of nitrogens with two attached hydrogens (primary N) is 1. The van der Waals surface area contributed by atoms with Crippen molar-refractivity contribution in [2.24, 2.45) is 5.92 Å². The number of piperidine rings is 1. The molecule has 1 aliphatic heterocycles. The molecule has 5 nitrogen and oxygen atoms in total. The zero-order valence-corrected chi connectivity index (χ0v) is 9.93. The van der Waals surface area contributed by atoms with Crippen molar-refractivity contribution in [3.05, 3.63) is 18.5 Å². The number of nitrogens with zero attached hydrogens (tertiary/aromatic N) is 2. The summed E-state index contributed by atoms with van der Waals surface area (Å²) in [5, 5.41) is 0. The van der Waals surface area contributed by atoms with Crippen molar-refractivity contribution >= 4 is 17.3 Å². The Balaban J connectivity index is 2.00. The third kappa shape index (κ3) is 2.49. The van der Waals surface area contributed by atoms with Crippen LogP contribution in [0.4, 0.5) is 11.4 Å². The van der Waals surface area contributed by atoms with E-state index in [2.05, 4.69) is 9.88 Å². The summed E-state index contributed by atoms with van der Waals surface area (Å²) in [4.78, 5) is 17.6. The second kappa shape index (κ2) is 5.03. The Morgan fingerprint density at radius 3 is 2.82 bits per heavy atom. The lowest BCUT2D eigenvalue weighted by Gasteiger charge is -2.32. The number of hydrogen-bond donors (Lipinski definition) is 1. The molecule has 17 heavy (non-hydrogen) atoms. The fraction of sp³-hybridized carbons (Fsp3) is 0.500. The first-order chi connectivity index (χ1) is 8.22. The normalized spacial score (nSPS) is 16.9. The van der Waals surface area contributed by atoms with Crippen LogP contribution in [-0.4, -0.2) is 31.2 Å². The molecule has 92 valence electrons. The number of aromatic nitrogens is 1. The van der Waals surface area contributed by atoms with Gasteiger partial charge in [-0.05, 0) is 18.9 Å². The van der Waals surface area contributed by atoms with Gasteiger partial charge in [0.15, 0.2) is 0 Å². The highest BCUT2D eigenvalue weighted by Crippen LogP contribution is 2.27. The molecule has 5 heteroatoms. The first kappa shape index (κ1) is 11.7. The van der Waals surface area contributed by atoms with Gasteiger partial charge in [-0.25, -0.2) is 0 Å². The van der Waals surface area contributed by atoms with Crippen LogP contribution in [0.5, 0.6) is 0 Å². The average molecular weight is 235 g/mol. The maximum atomic E-state index is 11.4. The number of ether oxygens (including phenoxy) is 1. The van der Waals surface area contributed by atoms with Crippen LogP contribution in [0, 0.1) is 5.92 Å². The molecule has 1 aromatic rings. The standard InChI is InChI=1S/C12H17N3O2/c1-17-12(16)9-3-6-15(7-4-9)11-2-5-14-8-10(11)13/h2,5,8-9H,3-4,6-7,13H2,1H3. The molecule has 2 N–H and O–H groups in total. The molecular formula is C12H17N3O2. The van der Waals surface area contributed by atoms with Gasteiger partial charge in [0.05, 0.1) is 30.6 Å². The Kier molecular flexibility index (Phi) is 3.46. The van der Waals surface area contributed by atoms with Crippen molar-refractivity contribution in [2.75, 3.05) is 30.8 Å². The predicted octanol–water partition coefficient (Wildman–Crippen LogP) is 1.05. The van der Waals surface area contributed by atoms with Crippen LogP contribution in [0.15, 0.2) is 18.5 Å². The number of esters is 1. The minimum absolute atomic E-state index is 0.0271. The fourth-order valence-electron chi connectivity index (χ4n) is 2.21. The summed E-state index contributed by atoms with van der Waals surface area (Å²) >= 11 is 0. The van der Waals surface area contributed by atoms with Gasteiger partial charge in [-0.15, -0.1) is 0 Å². The zero-order valence-electron chi connectivity index (χ0n) is 9.93. The quantitative estimate of drug-likeness (QED) is 0.776. The van der Waals surface area contributed by atoms with E-state index in [1.165, 1.54) is 7.11 Å². The number of carbonyl (C=O) groups excluding carboxylic acids is 1. The zero-order chi connectivity index (χ0) is 12.3. The Labute approximate surface area is 101 Å². The van der Waals surface area contributed by atoms with Crippen molar-refractivity contribution in [3.8, 4) is 0 Å². The van der Waals surface area contributed by atoms with Crippen LogP contribution in [0.25, 0.3) is 0 Å². The summed E-state index contributed by atoms with van der Waals surface area (Å²) in [6, 6.07) is 1.91. The highest BCUT2D eigenvalue weighted by atomic mass is 16.5. The number of anilines is 2. The smallest absolute Gasteiger partial charge is 0.308 e. The largest absolute Gasteiger partial charge is 0.469 e. The van der Waals surface area contributed by atoms with E-state index in [9.17, 15) is 4.79 Å². The van der Waals surface area contributed by atoms with E-state index in [1.807, 2.05) is 6.07 Å². The molecule has 0 spiro atoms. The molecule has 0 aliphatic carbocycles. The van der Waals surface area contributed by atoms with Gasteiger partial charge in [0.25, 0.3) is 0 Å². The van der Waals surface area contributed by atoms with E-state index in [4.69, 9.17) is 10.5 Å². The van der Waals surface area contributed by atoms with Crippen molar-refractivity contribution in [1.29, 1.82) is 0 Å². The van der Waals surface area contributed by atoms with E-state index in [0.717, 1.165) is 31.6 Å². The second-order valence-corrected chi connectivity index (χ2v) is 4.22. The van der Waals surface area contributed by atoms with E-state index < -0.39 is 0 Å². The van der Waals surface area contributed by atoms with Gasteiger partial charge in [0.2, 0.25) is 0 Å². The predicted molar refractivity (Wildman–Crippen MR) is 65.6 cm³/mol. The van der Waals surface area contributed by atoms with Gasteiger partial charge in [0, 0.05) is 19.3 Å². The molecule has 1 aliphatic rings. The maximum Gasteiger partial charge on any atom is 0.308 e. The lowest BCUT2D eigenvalue weighted by atomic mass is 9.96. The van der Waals surface area contributed by atoms with Crippen molar-refractivity contribution in [2.45, 2.75) is 12.8 Å². The molecule has 1 saturated heterocycles. The van der Waals surface area contributed by atoms with E-state index in [-0.39, 0.29) is 11.9 Å². The maximum absolute atomic E-state index is 11.4. The molecule has 1 aromatic heterocycles. The third-order valence-electron chi connectivity index (χ3n) is 3.20. The molecule has 2 rings (SSSR count). The SMILES string of the molecule is COC(=O)C1CCN(c2ccncc2N)CC1. The highest BCUT2D eigenvalue weighted by Gasteiger charge is 2.26. The summed E-state index contributed by atoms with van der Waals surface area (Å²) in [7, 11) is 1.44. The molecular weight excluding hydrogens is 218 g/mol. The topological polar surface area (TPSA) is 68.5 Å². The van der Waals surface area contributed by atoms with E-state index in [1.54, 1.807) is 12.4 Å². The number of nitrogen functional groups attached to an aromatic ring is 1. The van der Waals surface area contributed by atoms with Gasteiger partial charge in [-0.1, -0.05) is 0 Å². The Hall–Kier alpha value is -1.78. The lowest BCUT2D eigenvalue weighted by molar-refractivity contribution is -0.146. The molecule has 0 radical (unpaired) electrons. The summed E-state index contributed by atoms with van der Waals surface area (Å²) < 4.78 is 4.76. The van der Waals surface area contributed by atoms with Crippen LogP contribution in [-0.2, 0) is 9.53 Å². The van der Waals surface area contributed by atoms with Gasteiger partial charge < -0.3 is 15.4 Å². The minimum atomic E-state index is -0.104. The minimum Gasteiger partial charge on any atom is -0.469 e. The monoisotopic (exact) mass is 235 g/mol. The summed E-state index contributed by atoms with van der Waals surface area (Å²) in [5.41, 5.74) is 7.56. The van der Waals surface area contributed by atoms with E-state index >= 15 is 0 Å². The molecule has 0 unspecified atom stereocenters. The van der Waals surface area contributed by atoms with Gasteiger partial charge in [0.1, 0.15) is 0 Å². The van der Waals surface area contributed by atoms with Crippen molar-refractivity contribution in [3.63, 3.8) is 0 Å². The summed E-state index contributed by atoms with van der Waals surface area (Å²) in [5.74, 6) is -0.0772. The molecule has 1 fully saturated rings. The Bertz CT molecular complexity index is 400. The average Bonchev–Trinajstić information content (AvgIpc) is 2.39. The first-order valence-corrected chi connectivity index (χ1v) is 5.74. The number of hydrogen-bond acceptors (Lipinski definition) is 5. The van der Waals surface area contributed by atoms with Crippen molar-refractivity contribution in [1.82, 2.24) is 4.98 Å². The molecule has 0 aromatic carbocycles. The molecule has 0 amide bonds. The first-order valence-electron chi connectivity index (χ1n) is 5.74. The van der Waals surface area contributed by atoms with Crippen LogP contribution in [0.3, 0.4) is 0 Å². The third-order valence-corrected chi connectivity index (χ3v) is 3.20. The lowest BCUT2D eigenvalue weighted by Crippen LogP contribution is -2.37. The molecule has 0 atom stereocenters. The number of pyridine rings is 1. The Morgan fingerprint density at radius 2 is 2.24 bits per heavy atom. The molecule has 2 heterocycles. The van der Waals surface area contributed by atoms with Crippen LogP contribution < -0.4 is 10.6 Å². The van der Waals surface area contributed by atoms with Gasteiger partial charge in [-0.2, -0.15) is 0 Å². The van der Waals surface area contributed by atoms with Crippen LogP contribution in [0.2, 0.25) is 0 Å². The van der Waals surface area contributed by atoms with Gasteiger partial charge in [-0.3, -0.25) is 9.78 Å². The summed E-state index contributed by atoms with van der Waals surface area (Å²) in [6.07, 6.45) is 5.02. The molecule has 0 saturated carbocycles. The van der Waals surface area contributed by atoms with Crippen molar-refractivity contribution < 1.29 is 9.53 Å². The second-order valence-electron chi connectivity index (χ2n) is 4.22.